The topological polar surface area (TPSA) is 116 Å². The number of pyridine rings is 1. The molecule has 25 heavy (non-hydrogen) atoms. The molecule has 0 aliphatic rings. The first-order valence-corrected chi connectivity index (χ1v) is 5.73. The number of hydrogen-bond acceptors (Lipinski definition) is 4. The van der Waals surface area contributed by atoms with E-state index in [9.17, 15) is 26.3 Å². The van der Waals surface area contributed by atoms with Crippen molar-refractivity contribution in [1.29, 1.82) is 5.26 Å². The zero-order chi connectivity index (χ0) is 19.8. The molecular weight excluding hydrogens is 364 g/mol. The smallest absolute Gasteiger partial charge is 0.475 e. The van der Waals surface area contributed by atoms with E-state index in [1.54, 1.807) is 10.7 Å². The van der Waals surface area contributed by atoms with Crippen LogP contribution >= 0.6 is 0 Å². The van der Waals surface area contributed by atoms with Gasteiger partial charge in [-0.05, 0) is 12.1 Å². The Bertz CT molecular complexity index is 751. The van der Waals surface area contributed by atoms with Crippen LogP contribution in [0.3, 0.4) is 0 Å². The van der Waals surface area contributed by atoms with Gasteiger partial charge in [-0.15, -0.1) is 0 Å². The fourth-order valence-corrected chi connectivity index (χ4v) is 1.02. The Labute approximate surface area is 134 Å². The summed E-state index contributed by atoms with van der Waals surface area (Å²) in [6, 6.07) is 7.70. The molecule has 0 aliphatic carbocycles. The molecule has 0 aromatic carbocycles. The van der Waals surface area contributed by atoms with Gasteiger partial charge in [-0.1, -0.05) is 6.07 Å². The second-order valence-electron chi connectivity index (χ2n) is 3.81. The number of aromatic nitrogens is 2. The van der Waals surface area contributed by atoms with Crippen molar-refractivity contribution in [3.05, 3.63) is 36.2 Å². The van der Waals surface area contributed by atoms with Crippen molar-refractivity contribution in [1.82, 2.24) is 9.61 Å². The van der Waals surface area contributed by atoms with E-state index in [1.165, 1.54) is 0 Å². The van der Waals surface area contributed by atoms with Crippen molar-refractivity contribution in [2.45, 2.75) is 12.4 Å². The predicted molar refractivity (Wildman–Crippen MR) is 67.3 cm³/mol. The summed E-state index contributed by atoms with van der Waals surface area (Å²) in [5.41, 5.74) is 1.47. The maximum absolute atomic E-state index is 10.6. The van der Waals surface area contributed by atoms with E-state index in [1.807, 2.05) is 24.4 Å². The van der Waals surface area contributed by atoms with E-state index in [-0.39, 0.29) is 0 Å². The summed E-state index contributed by atoms with van der Waals surface area (Å²) in [5.74, 6) is -5.51. The molecule has 2 heterocycles. The molecule has 0 radical (unpaired) electrons. The minimum atomic E-state index is -5.08. The molecule has 0 fully saturated rings. The highest BCUT2D eigenvalue weighted by atomic mass is 19.4. The molecule has 2 rings (SSSR count). The number of hydrogen-bond donors (Lipinski definition) is 2. The van der Waals surface area contributed by atoms with Crippen LogP contribution in [0.2, 0.25) is 0 Å². The molecular formula is C12H7F6N3O4. The van der Waals surface area contributed by atoms with E-state index in [4.69, 9.17) is 25.1 Å². The van der Waals surface area contributed by atoms with Crippen LogP contribution in [0.4, 0.5) is 26.3 Å². The average molecular weight is 371 g/mol. The molecule has 0 bridgehead atoms. The fourth-order valence-electron chi connectivity index (χ4n) is 1.02. The molecule has 0 spiro atoms. The zero-order valence-corrected chi connectivity index (χ0v) is 11.7. The summed E-state index contributed by atoms with van der Waals surface area (Å²) < 4.78 is 65.2. The van der Waals surface area contributed by atoms with Crippen LogP contribution in [0, 0.1) is 11.3 Å². The number of carboxylic acid groups (broad SMARTS) is 2. The molecule has 2 N–H and O–H groups in total. The van der Waals surface area contributed by atoms with E-state index in [2.05, 4.69) is 11.2 Å². The molecule has 136 valence electrons. The van der Waals surface area contributed by atoms with Gasteiger partial charge in [-0.2, -0.15) is 36.7 Å². The molecule has 13 heteroatoms. The van der Waals surface area contributed by atoms with Crippen LogP contribution in [-0.4, -0.2) is 44.1 Å². The van der Waals surface area contributed by atoms with Crippen molar-refractivity contribution in [3.8, 4) is 6.07 Å². The molecule has 0 atom stereocenters. The number of carbonyl (C=O) groups is 2. The molecule has 7 nitrogen and oxygen atoms in total. The maximum atomic E-state index is 10.6. The molecule has 2 aromatic heterocycles. The number of fused-ring (bicyclic) bond motifs is 1. The quantitative estimate of drug-likeness (QED) is 0.688. The van der Waals surface area contributed by atoms with Gasteiger partial charge in [0.15, 0.2) is 0 Å². The number of halogens is 6. The lowest BCUT2D eigenvalue weighted by molar-refractivity contribution is -0.193. The third kappa shape index (κ3) is 7.68. The first kappa shape index (κ1) is 21.7. The third-order valence-electron chi connectivity index (χ3n) is 2.03. The summed E-state index contributed by atoms with van der Waals surface area (Å²) in [4.78, 5) is 17.8. The molecule has 0 amide bonds. The van der Waals surface area contributed by atoms with Crippen molar-refractivity contribution < 1.29 is 46.1 Å². The zero-order valence-electron chi connectivity index (χ0n) is 11.7. The number of alkyl halides is 6. The van der Waals surface area contributed by atoms with E-state index in [0.29, 0.717) is 5.56 Å². The summed E-state index contributed by atoms with van der Waals surface area (Å²) in [6.07, 6.45) is -6.79. The van der Waals surface area contributed by atoms with Crippen molar-refractivity contribution in [3.63, 3.8) is 0 Å². The lowest BCUT2D eigenvalue weighted by Crippen LogP contribution is -2.21. The van der Waals surface area contributed by atoms with Gasteiger partial charge < -0.3 is 10.2 Å². The second-order valence-corrected chi connectivity index (χ2v) is 3.81. The SMILES string of the molecule is N#Cc1cnn2ccccc12.O=C(O)C(F)(F)F.O=C(O)C(F)(F)F. The minimum Gasteiger partial charge on any atom is -0.475 e. The Hall–Kier alpha value is -3.30. The molecule has 0 aliphatic heterocycles. The highest BCUT2D eigenvalue weighted by Gasteiger charge is 2.38. The van der Waals surface area contributed by atoms with Crippen LogP contribution in [-0.2, 0) is 9.59 Å². The Morgan fingerprint density at radius 3 is 1.84 bits per heavy atom. The van der Waals surface area contributed by atoms with Gasteiger partial charge in [-0.25, -0.2) is 14.1 Å². The van der Waals surface area contributed by atoms with Gasteiger partial charge in [0, 0.05) is 6.20 Å². The first-order chi connectivity index (χ1) is 11.3. The van der Waals surface area contributed by atoms with Crippen LogP contribution in [0.1, 0.15) is 5.56 Å². The van der Waals surface area contributed by atoms with E-state index in [0.717, 1.165) is 5.52 Å². The highest BCUT2D eigenvalue weighted by molar-refractivity contribution is 5.73. The van der Waals surface area contributed by atoms with Crippen molar-refractivity contribution in [2.24, 2.45) is 0 Å². The largest absolute Gasteiger partial charge is 0.490 e. The van der Waals surface area contributed by atoms with Crippen LogP contribution < -0.4 is 0 Å². The van der Waals surface area contributed by atoms with Gasteiger partial charge in [-0.3, -0.25) is 0 Å². The Morgan fingerprint density at radius 1 is 1.04 bits per heavy atom. The fraction of sp³-hybridized carbons (Fsp3) is 0.167. The average Bonchev–Trinajstić information content (AvgIpc) is 2.89. The van der Waals surface area contributed by atoms with Gasteiger partial charge in [0.2, 0.25) is 0 Å². The van der Waals surface area contributed by atoms with E-state index >= 15 is 0 Å². The first-order valence-electron chi connectivity index (χ1n) is 5.73. The number of nitrogens with zero attached hydrogens (tertiary/aromatic N) is 3. The molecule has 0 saturated carbocycles. The van der Waals surface area contributed by atoms with Gasteiger partial charge in [0.1, 0.15) is 6.07 Å². The summed E-state index contributed by atoms with van der Waals surface area (Å²) in [7, 11) is 0. The number of carboxylic acids is 2. The molecule has 0 saturated heterocycles. The molecule has 0 unspecified atom stereocenters. The van der Waals surface area contributed by atoms with Crippen LogP contribution in [0.5, 0.6) is 0 Å². The van der Waals surface area contributed by atoms with Gasteiger partial charge in [0.25, 0.3) is 0 Å². The Kier molecular flexibility index (Phi) is 7.40. The van der Waals surface area contributed by atoms with Crippen LogP contribution in [0.15, 0.2) is 30.6 Å². The Morgan fingerprint density at radius 2 is 1.48 bits per heavy atom. The standard InChI is InChI=1S/C8H5N3.2C2HF3O2/c9-5-7-6-10-11-4-2-1-3-8(7)11;2*3-2(4,5)1(6)7/h1-4,6H;2*(H,6,7). The normalized spacial score (nSPS) is 10.6. The number of nitriles is 1. The lowest BCUT2D eigenvalue weighted by Gasteiger charge is -1.93. The molecule has 2 aromatic rings. The highest BCUT2D eigenvalue weighted by Crippen LogP contribution is 2.13. The third-order valence-corrected chi connectivity index (χ3v) is 2.03. The second kappa shape index (κ2) is 8.52. The maximum Gasteiger partial charge on any atom is 0.490 e. The van der Waals surface area contributed by atoms with Crippen LogP contribution in [0.25, 0.3) is 5.52 Å². The van der Waals surface area contributed by atoms with Crippen molar-refractivity contribution >= 4 is 17.5 Å². The van der Waals surface area contributed by atoms with E-state index < -0.39 is 24.3 Å². The van der Waals surface area contributed by atoms with Gasteiger partial charge in [0.05, 0.1) is 17.3 Å². The summed E-state index contributed by atoms with van der Waals surface area (Å²) >= 11 is 0. The number of aliphatic carboxylic acids is 2. The monoisotopic (exact) mass is 371 g/mol. The minimum absolute atomic E-state index is 0.616. The Balaban J connectivity index is 0.000000366. The number of rotatable bonds is 0. The summed E-state index contributed by atoms with van der Waals surface area (Å²) in [6.45, 7) is 0. The lowest BCUT2D eigenvalue weighted by atomic mass is 10.3. The van der Waals surface area contributed by atoms with Gasteiger partial charge >= 0.3 is 24.3 Å². The summed E-state index contributed by atoms with van der Waals surface area (Å²) in [5, 5.41) is 26.9. The predicted octanol–water partition coefficient (Wildman–Crippen LogP) is 2.47. The van der Waals surface area contributed by atoms with Crippen molar-refractivity contribution in [2.75, 3.05) is 0 Å².